The molecule has 1 N–H and O–H groups in total. The van der Waals surface area contributed by atoms with Crippen LogP contribution in [0.5, 0.6) is 0 Å². The molecule has 156 valence electrons. The highest BCUT2D eigenvalue weighted by Crippen LogP contribution is 2.36. The van der Waals surface area contributed by atoms with Crippen LogP contribution in [0, 0.1) is 11.7 Å². The summed E-state index contributed by atoms with van der Waals surface area (Å²) in [5, 5.41) is 5.14. The lowest BCUT2D eigenvalue weighted by atomic mass is 9.99. The second kappa shape index (κ2) is 9.98. The number of carbonyl (C=O) groups is 2. The van der Waals surface area contributed by atoms with E-state index < -0.39 is 5.97 Å². The number of amides is 1. The van der Waals surface area contributed by atoms with Crippen molar-refractivity contribution in [1.29, 1.82) is 0 Å². The van der Waals surface area contributed by atoms with Crippen molar-refractivity contribution in [3.05, 3.63) is 41.0 Å². The molecule has 1 aliphatic rings. The van der Waals surface area contributed by atoms with Crippen molar-refractivity contribution < 1.29 is 18.7 Å². The number of piperidine rings is 1. The van der Waals surface area contributed by atoms with E-state index in [1.165, 1.54) is 36.3 Å². The molecule has 0 spiro atoms. The summed E-state index contributed by atoms with van der Waals surface area (Å²) < 4.78 is 18.5. The molecule has 0 unspecified atom stereocenters. The van der Waals surface area contributed by atoms with Gasteiger partial charge in [-0.25, -0.2) is 9.18 Å². The Bertz CT molecular complexity index is 842. The number of halogens is 1. The van der Waals surface area contributed by atoms with Crippen LogP contribution in [0.2, 0.25) is 0 Å². The van der Waals surface area contributed by atoms with Gasteiger partial charge < -0.3 is 15.0 Å². The van der Waals surface area contributed by atoms with Crippen molar-refractivity contribution >= 4 is 28.2 Å². The number of hydrogen-bond acceptors (Lipinski definition) is 5. The first-order valence-electron chi connectivity index (χ1n) is 10.0. The van der Waals surface area contributed by atoms with E-state index in [0.717, 1.165) is 19.0 Å². The normalized spacial score (nSPS) is 15.3. The lowest BCUT2D eigenvalue weighted by Crippen LogP contribution is -2.35. The monoisotopic (exact) mass is 418 g/mol. The van der Waals surface area contributed by atoms with Crippen molar-refractivity contribution in [1.82, 2.24) is 4.90 Å². The van der Waals surface area contributed by atoms with Gasteiger partial charge in [-0.2, -0.15) is 0 Å². The van der Waals surface area contributed by atoms with Crippen molar-refractivity contribution in [2.45, 2.75) is 33.1 Å². The summed E-state index contributed by atoms with van der Waals surface area (Å²) >= 11 is 1.28. The van der Waals surface area contributed by atoms with Crippen LogP contribution in [0.25, 0.3) is 11.1 Å². The van der Waals surface area contributed by atoms with E-state index in [9.17, 15) is 14.0 Å². The van der Waals surface area contributed by atoms with Gasteiger partial charge in [-0.3, -0.25) is 4.79 Å². The maximum absolute atomic E-state index is 13.3. The van der Waals surface area contributed by atoms with Gasteiger partial charge in [0.05, 0.1) is 6.61 Å². The number of nitrogens with zero attached hydrogens (tertiary/aromatic N) is 1. The van der Waals surface area contributed by atoms with Crippen molar-refractivity contribution in [2.75, 3.05) is 31.6 Å². The number of likely N-dealkylation sites (tertiary alicyclic amines) is 1. The van der Waals surface area contributed by atoms with Crippen molar-refractivity contribution in [3.8, 4) is 11.1 Å². The molecule has 1 amide bonds. The minimum absolute atomic E-state index is 0.123. The van der Waals surface area contributed by atoms with Gasteiger partial charge in [-0.15, -0.1) is 11.3 Å². The number of anilines is 1. The number of hydrogen-bond donors (Lipinski definition) is 1. The molecule has 3 rings (SSSR count). The number of ether oxygens (including phenoxy) is 1. The Labute approximate surface area is 174 Å². The topological polar surface area (TPSA) is 58.6 Å². The van der Waals surface area contributed by atoms with Crippen LogP contribution < -0.4 is 5.32 Å². The Hall–Kier alpha value is -2.25. The van der Waals surface area contributed by atoms with E-state index in [0.29, 0.717) is 34.7 Å². The number of thiophene rings is 1. The molecule has 0 aliphatic carbocycles. The Morgan fingerprint density at radius 3 is 2.59 bits per heavy atom. The molecular weight excluding hydrogens is 391 g/mol. The summed E-state index contributed by atoms with van der Waals surface area (Å²) in [6, 6.07) is 5.92. The predicted octanol–water partition coefficient (Wildman–Crippen LogP) is 4.79. The van der Waals surface area contributed by atoms with Crippen molar-refractivity contribution in [2.24, 2.45) is 5.92 Å². The number of esters is 1. The highest BCUT2D eigenvalue weighted by molar-refractivity contribution is 7.15. The van der Waals surface area contributed by atoms with Crippen molar-refractivity contribution in [3.63, 3.8) is 0 Å². The molecule has 1 fully saturated rings. The summed E-state index contributed by atoms with van der Waals surface area (Å²) in [5.74, 6) is -0.208. The summed E-state index contributed by atoms with van der Waals surface area (Å²) in [6.07, 6.45) is 2.71. The van der Waals surface area contributed by atoms with Gasteiger partial charge in [0.1, 0.15) is 16.4 Å². The fraction of sp³-hybridized carbons (Fsp3) is 0.455. The molecule has 5 nitrogen and oxygen atoms in total. The first-order valence-corrected chi connectivity index (χ1v) is 10.9. The largest absolute Gasteiger partial charge is 0.462 e. The lowest BCUT2D eigenvalue weighted by molar-refractivity contribution is -0.116. The van der Waals surface area contributed by atoms with Gasteiger partial charge in [-0.1, -0.05) is 19.1 Å². The van der Waals surface area contributed by atoms with Crippen LogP contribution >= 0.6 is 11.3 Å². The van der Waals surface area contributed by atoms with E-state index in [4.69, 9.17) is 4.74 Å². The number of carbonyl (C=O) groups excluding carboxylic acids is 2. The van der Waals surface area contributed by atoms with Crippen LogP contribution in [0.15, 0.2) is 29.6 Å². The summed E-state index contributed by atoms with van der Waals surface area (Å²) in [4.78, 5) is 27.4. The standard InChI is InChI=1S/C22H27FN2O3S/c1-3-28-22(27)20-18(16-4-6-17(23)7-5-16)14-29-21(20)24-19(26)10-13-25-11-8-15(2)9-12-25/h4-7,14-15H,3,8-13H2,1-2H3,(H,24,26). The maximum Gasteiger partial charge on any atom is 0.341 e. The average Bonchev–Trinajstić information content (AvgIpc) is 3.12. The minimum Gasteiger partial charge on any atom is -0.462 e. The first kappa shape index (κ1) is 21.5. The van der Waals surface area contributed by atoms with Crippen LogP contribution in [-0.4, -0.2) is 43.0 Å². The van der Waals surface area contributed by atoms with E-state index >= 15 is 0 Å². The van der Waals surface area contributed by atoms with E-state index in [1.807, 2.05) is 0 Å². The molecule has 2 heterocycles. The average molecular weight is 419 g/mol. The first-order chi connectivity index (χ1) is 14.0. The predicted molar refractivity (Wildman–Crippen MR) is 114 cm³/mol. The fourth-order valence-corrected chi connectivity index (χ4v) is 4.41. The Morgan fingerprint density at radius 2 is 1.93 bits per heavy atom. The zero-order chi connectivity index (χ0) is 20.8. The number of benzene rings is 1. The van der Waals surface area contributed by atoms with Gasteiger partial charge in [-0.05, 0) is 56.5 Å². The highest BCUT2D eigenvalue weighted by Gasteiger charge is 2.23. The van der Waals surface area contributed by atoms with Crippen LogP contribution in [0.3, 0.4) is 0 Å². The Morgan fingerprint density at radius 1 is 1.24 bits per heavy atom. The minimum atomic E-state index is -0.492. The SMILES string of the molecule is CCOC(=O)c1c(-c2ccc(F)cc2)csc1NC(=O)CCN1CCC(C)CC1. The van der Waals surface area contributed by atoms with Crippen LogP contribution in [0.1, 0.15) is 43.5 Å². The third-order valence-corrected chi connectivity index (χ3v) is 6.11. The van der Waals surface area contributed by atoms with Gasteiger partial charge >= 0.3 is 5.97 Å². The third kappa shape index (κ3) is 5.64. The lowest BCUT2D eigenvalue weighted by Gasteiger charge is -2.29. The highest BCUT2D eigenvalue weighted by atomic mass is 32.1. The quantitative estimate of drug-likeness (QED) is 0.657. The smallest absolute Gasteiger partial charge is 0.341 e. The molecule has 0 radical (unpaired) electrons. The second-order valence-corrected chi connectivity index (χ2v) is 8.28. The molecule has 0 bridgehead atoms. The van der Waals surface area contributed by atoms with E-state index in [2.05, 4.69) is 17.1 Å². The van der Waals surface area contributed by atoms with Gasteiger partial charge in [0, 0.05) is 23.9 Å². The van der Waals surface area contributed by atoms with Crippen LogP contribution in [-0.2, 0) is 9.53 Å². The van der Waals surface area contributed by atoms with E-state index in [-0.39, 0.29) is 18.3 Å². The summed E-state index contributed by atoms with van der Waals surface area (Å²) in [7, 11) is 0. The van der Waals surface area contributed by atoms with Gasteiger partial charge in [0.15, 0.2) is 0 Å². The molecule has 1 aliphatic heterocycles. The molecule has 0 atom stereocenters. The molecule has 0 saturated carbocycles. The zero-order valence-corrected chi connectivity index (χ0v) is 17.7. The molecule has 1 aromatic carbocycles. The maximum atomic E-state index is 13.3. The zero-order valence-electron chi connectivity index (χ0n) is 16.9. The fourth-order valence-electron chi connectivity index (χ4n) is 3.43. The number of nitrogens with one attached hydrogen (secondary N) is 1. The van der Waals surface area contributed by atoms with E-state index in [1.54, 1.807) is 24.4 Å². The molecule has 1 aromatic heterocycles. The van der Waals surface area contributed by atoms with Crippen LogP contribution in [0.4, 0.5) is 9.39 Å². The third-order valence-electron chi connectivity index (χ3n) is 5.21. The molecule has 29 heavy (non-hydrogen) atoms. The molecular formula is C22H27FN2O3S. The Kier molecular flexibility index (Phi) is 7.39. The molecule has 7 heteroatoms. The van der Waals surface area contributed by atoms with Gasteiger partial charge in [0.25, 0.3) is 0 Å². The number of rotatable bonds is 7. The summed E-state index contributed by atoms with van der Waals surface area (Å²) in [6.45, 7) is 6.99. The van der Waals surface area contributed by atoms with Gasteiger partial charge in [0.2, 0.25) is 5.91 Å². The second-order valence-electron chi connectivity index (χ2n) is 7.40. The molecule has 1 saturated heterocycles. The molecule has 2 aromatic rings. The summed E-state index contributed by atoms with van der Waals surface area (Å²) in [5.41, 5.74) is 1.66. The Balaban J connectivity index is 1.71.